The summed E-state index contributed by atoms with van der Waals surface area (Å²) >= 11 is 0. The Hall–Kier alpha value is -1.59. The predicted molar refractivity (Wildman–Crippen MR) is 68.3 cm³/mol. The number of hydrogen-bond acceptors (Lipinski definition) is 3. The van der Waals surface area contributed by atoms with Crippen LogP contribution in [0.1, 0.15) is 39.7 Å². The molecule has 0 saturated carbocycles. The van der Waals surface area contributed by atoms with E-state index in [1.807, 2.05) is 20.8 Å². The first-order valence-corrected chi connectivity index (χ1v) is 6.54. The first-order valence-electron chi connectivity index (χ1n) is 6.54. The van der Waals surface area contributed by atoms with Gasteiger partial charge in [0.1, 0.15) is 5.60 Å². The van der Waals surface area contributed by atoms with E-state index in [-0.39, 0.29) is 18.1 Å². The van der Waals surface area contributed by atoms with Gasteiger partial charge >= 0.3 is 6.09 Å². The fourth-order valence-corrected chi connectivity index (χ4v) is 2.19. The lowest BCUT2D eigenvalue weighted by molar-refractivity contribution is 0.0181. The van der Waals surface area contributed by atoms with Gasteiger partial charge in [-0.25, -0.2) is 9.48 Å². The standard InChI is InChI=1S/C13H20FN3O2/c1-13(2,3)19-12(18)16-8-5-10(6-9-16)17-11(14)4-7-15-17/h4,7,10H,5-6,8-9H2,1-3H3. The van der Waals surface area contributed by atoms with Gasteiger partial charge in [0.05, 0.1) is 12.2 Å². The van der Waals surface area contributed by atoms with Gasteiger partial charge in [0.2, 0.25) is 5.95 Å². The van der Waals surface area contributed by atoms with Gasteiger partial charge in [-0.2, -0.15) is 9.49 Å². The number of carbonyl (C=O) groups is 1. The normalized spacial score (nSPS) is 17.6. The van der Waals surface area contributed by atoms with Gasteiger partial charge in [-0.05, 0) is 33.6 Å². The topological polar surface area (TPSA) is 47.4 Å². The third kappa shape index (κ3) is 3.45. The summed E-state index contributed by atoms with van der Waals surface area (Å²) < 4.78 is 20.1. The molecule has 1 amide bonds. The summed E-state index contributed by atoms with van der Waals surface area (Å²) in [6.45, 7) is 6.67. The zero-order chi connectivity index (χ0) is 14.0. The molecule has 6 heteroatoms. The van der Waals surface area contributed by atoms with Crippen LogP contribution in [0.2, 0.25) is 0 Å². The number of hydrogen-bond donors (Lipinski definition) is 0. The summed E-state index contributed by atoms with van der Waals surface area (Å²) in [6.07, 6.45) is 2.54. The summed E-state index contributed by atoms with van der Waals surface area (Å²) in [5.41, 5.74) is -0.484. The van der Waals surface area contributed by atoms with Gasteiger partial charge in [-0.3, -0.25) is 0 Å². The number of likely N-dealkylation sites (tertiary alicyclic amines) is 1. The minimum absolute atomic E-state index is 0.0219. The van der Waals surface area contributed by atoms with Crippen LogP contribution in [-0.2, 0) is 4.74 Å². The maximum atomic E-state index is 13.4. The van der Waals surface area contributed by atoms with Gasteiger partial charge < -0.3 is 9.64 Å². The van der Waals surface area contributed by atoms with Gasteiger partial charge in [0.25, 0.3) is 0 Å². The number of ether oxygens (including phenoxy) is 1. The second-order valence-electron chi connectivity index (χ2n) is 5.80. The molecule has 5 nitrogen and oxygen atoms in total. The predicted octanol–water partition coefficient (Wildman–Crippen LogP) is 2.59. The van der Waals surface area contributed by atoms with Crippen molar-refractivity contribution in [3.63, 3.8) is 0 Å². The Labute approximate surface area is 112 Å². The molecule has 0 radical (unpaired) electrons. The van der Waals surface area contributed by atoms with Crippen LogP contribution in [0.25, 0.3) is 0 Å². The first kappa shape index (κ1) is 13.8. The molecule has 0 aromatic carbocycles. The van der Waals surface area contributed by atoms with Gasteiger partial charge in [-0.15, -0.1) is 0 Å². The average molecular weight is 269 g/mol. The van der Waals surface area contributed by atoms with E-state index in [1.54, 1.807) is 4.90 Å². The van der Waals surface area contributed by atoms with Crippen molar-refractivity contribution >= 4 is 6.09 Å². The minimum Gasteiger partial charge on any atom is -0.444 e. The van der Waals surface area contributed by atoms with E-state index >= 15 is 0 Å². The van der Waals surface area contributed by atoms with E-state index in [0.717, 1.165) is 0 Å². The minimum atomic E-state index is -0.484. The second-order valence-corrected chi connectivity index (χ2v) is 5.80. The molecule has 0 spiro atoms. The lowest BCUT2D eigenvalue weighted by Crippen LogP contribution is -2.42. The highest BCUT2D eigenvalue weighted by atomic mass is 19.1. The smallest absolute Gasteiger partial charge is 0.410 e. The average Bonchev–Trinajstić information content (AvgIpc) is 2.73. The quantitative estimate of drug-likeness (QED) is 0.787. The Kier molecular flexibility index (Phi) is 3.78. The van der Waals surface area contributed by atoms with Crippen LogP contribution >= 0.6 is 0 Å². The van der Waals surface area contributed by atoms with Crippen LogP contribution in [0.3, 0.4) is 0 Å². The van der Waals surface area contributed by atoms with E-state index < -0.39 is 5.60 Å². The number of piperidine rings is 1. The Balaban J connectivity index is 1.89. The lowest BCUT2D eigenvalue weighted by Gasteiger charge is -2.33. The van der Waals surface area contributed by atoms with Crippen LogP contribution in [-0.4, -0.2) is 39.5 Å². The van der Waals surface area contributed by atoms with E-state index in [1.165, 1.54) is 16.9 Å². The zero-order valence-electron chi connectivity index (χ0n) is 11.6. The summed E-state index contributed by atoms with van der Waals surface area (Å²) in [5.74, 6) is -0.323. The van der Waals surface area contributed by atoms with Crippen molar-refractivity contribution in [2.45, 2.75) is 45.3 Å². The second kappa shape index (κ2) is 5.19. The molecule has 2 heterocycles. The monoisotopic (exact) mass is 269 g/mol. The third-order valence-corrected chi connectivity index (χ3v) is 3.08. The van der Waals surface area contributed by atoms with Gasteiger partial charge in [0.15, 0.2) is 0 Å². The molecule has 1 saturated heterocycles. The van der Waals surface area contributed by atoms with Crippen LogP contribution < -0.4 is 0 Å². The number of halogens is 1. The van der Waals surface area contributed by atoms with Crippen molar-refractivity contribution in [3.05, 3.63) is 18.2 Å². The molecule has 0 bridgehead atoms. The van der Waals surface area contributed by atoms with Gasteiger partial charge in [-0.1, -0.05) is 0 Å². The van der Waals surface area contributed by atoms with E-state index in [9.17, 15) is 9.18 Å². The van der Waals surface area contributed by atoms with Crippen molar-refractivity contribution < 1.29 is 13.9 Å². The van der Waals surface area contributed by atoms with E-state index in [4.69, 9.17) is 4.74 Å². The highest BCUT2D eigenvalue weighted by molar-refractivity contribution is 5.68. The Morgan fingerprint density at radius 3 is 2.53 bits per heavy atom. The number of aromatic nitrogens is 2. The molecular formula is C13H20FN3O2. The molecule has 0 N–H and O–H groups in total. The molecule has 106 valence electrons. The first-order chi connectivity index (χ1) is 8.87. The van der Waals surface area contributed by atoms with Crippen molar-refractivity contribution in [2.24, 2.45) is 0 Å². The molecule has 1 aliphatic rings. The number of nitrogens with zero attached hydrogens (tertiary/aromatic N) is 3. The summed E-state index contributed by atoms with van der Waals surface area (Å²) in [7, 11) is 0. The van der Waals surface area contributed by atoms with Crippen molar-refractivity contribution in [3.8, 4) is 0 Å². The maximum absolute atomic E-state index is 13.4. The fourth-order valence-electron chi connectivity index (χ4n) is 2.19. The number of amides is 1. The summed E-state index contributed by atoms with van der Waals surface area (Å²) in [5, 5.41) is 3.98. The zero-order valence-corrected chi connectivity index (χ0v) is 11.6. The SMILES string of the molecule is CC(C)(C)OC(=O)N1CCC(n2nccc2F)CC1. The molecule has 0 unspecified atom stereocenters. The van der Waals surface area contributed by atoms with E-state index in [2.05, 4.69) is 5.10 Å². The maximum Gasteiger partial charge on any atom is 0.410 e. The van der Waals surface area contributed by atoms with Crippen molar-refractivity contribution in [2.75, 3.05) is 13.1 Å². The molecule has 2 rings (SSSR count). The molecule has 1 fully saturated rings. The molecule has 1 aliphatic heterocycles. The third-order valence-electron chi connectivity index (χ3n) is 3.08. The summed E-state index contributed by atoms with van der Waals surface area (Å²) in [6, 6.07) is 1.37. The van der Waals surface area contributed by atoms with Crippen LogP contribution in [0, 0.1) is 5.95 Å². The number of rotatable bonds is 1. The molecule has 0 aliphatic carbocycles. The van der Waals surface area contributed by atoms with Crippen molar-refractivity contribution in [1.29, 1.82) is 0 Å². The number of carbonyl (C=O) groups excluding carboxylic acids is 1. The van der Waals surface area contributed by atoms with E-state index in [0.29, 0.717) is 25.9 Å². The largest absolute Gasteiger partial charge is 0.444 e. The van der Waals surface area contributed by atoms with Crippen molar-refractivity contribution in [1.82, 2.24) is 14.7 Å². The Bertz CT molecular complexity index is 445. The molecule has 1 aromatic rings. The van der Waals surface area contributed by atoms with Crippen LogP contribution in [0.4, 0.5) is 9.18 Å². The fraction of sp³-hybridized carbons (Fsp3) is 0.692. The van der Waals surface area contributed by atoms with Gasteiger partial charge in [0, 0.05) is 19.2 Å². The molecule has 1 aromatic heterocycles. The molecule has 0 atom stereocenters. The summed E-state index contributed by atoms with van der Waals surface area (Å²) in [4.78, 5) is 13.6. The van der Waals surface area contributed by atoms with Crippen LogP contribution in [0.15, 0.2) is 12.3 Å². The molecular weight excluding hydrogens is 249 g/mol. The highest BCUT2D eigenvalue weighted by Gasteiger charge is 2.28. The Morgan fingerprint density at radius 1 is 1.42 bits per heavy atom. The molecule has 19 heavy (non-hydrogen) atoms. The van der Waals surface area contributed by atoms with Crippen LogP contribution in [0.5, 0.6) is 0 Å². The Morgan fingerprint density at radius 2 is 2.05 bits per heavy atom. The highest BCUT2D eigenvalue weighted by Crippen LogP contribution is 2.24. The lowest BCUT2D eigenvalue weighted by atomic mass is 10.1.